The molecule has 2 unspecified atom stereocenters. The molecule has 1 aromatic heterocycles. The molecule has 0 bridgehead atoms. The zero-order chi connectivity index (χ0) is 12.7. The van der Waals surface area contributed by atoms with Gasteiger partial charge in [0.05, 0.1) is 12.6 Å². The smallest absolute Gasteiger partial charge is 0.135 e. The average molecular weight is 312 g/mol. The molecule has 1 N–H and O–H groups in total. The van der Waals surface area contributed by atoms with Gasteiger partial charge in [-0.1, -0.05) is 6.92 Å². The molecule has 2 aliphatic rings. The quantitative estimate of drug-likeness (QED) is 0.870. The first-order chi connectivity index (χ1) is 8.69. The van der Waals surface area contributed by atoms with E-state index in [0.29, 0.717) is 11.8 Å². The fraction of sp³-hybridized carbons (Fsp3) is 0.692. The SMILES string of the molecule is CC1CCN(c2cc(Br)nc(C3CC3)n2)C1CO. The number of hydrogen-bond acceptors (Lipinski definition) is 4. The molecule has 98 valence electrons. The molecule has 0 amide bonds. The normalized spacial score (nSPS) is 27.8. The van der Waals surface area contributed by atoms with E-state index >= 15 is 0 Å². The van der Waals surface area contributed by atoms with Crippen LogP contribution < -0.4 is 4.90 Å². The van der Waals surface area contributed by atoms with Crippen molar-refractivity contribution in [2.24, 2.45) is 5.92 Å². The molecule has 1 aliphatic carbocycles. The van der Waals surface area contributed by atoms with E-state index in [-0.39, 0.29) is 12.6 Å². The van der Waals surface area contributed by atoms with Crippen LogP contribution in [-0.4, -0.2) is 34.3 Å². The minimum atomic E-state index is 0.193. The van der Waals surface area contributed by atoms with Gasteiger partial charge in [-0.3, -0.25) is 0 Å². The number of aromatic nitrogens is 2. The molecule has 1 aliphatic heterocycles. The lowest BCUT2D eigenvalue weighted by atomic mass is 10.0. The van der Waals surface area contributed by atoms with Gasteiger partial charge < -0.3 is 10.0 Å². The highest BCUT2D eigenvalue weighted by molar-refractivity contribution is 9.10. The molecule has 1 saturated carbocycles. The third kappa shape index (κ3) is 2.26. The van der Waals surface area contributed by atoms with Crippen LogP contribution in [0.5, 0.6) is 0 Å². The molecule has 5 heteroatoms. The van der Waals surface area contributed by atoms with Crippen molar-refractivity contribution < 1.29 is 5.11 Å². The topological polar surface area (TPSA) is 49.2 Å². The molecule has 2 atom stereocenters. The zero-order valence-electron chi connectivity index (χ0n) is 10.5. The van der Waals surface area contributed by atoms with Crippen molar-refractivity contribution in [3.63, 3.8) is 0 Å². The van der Waals surface area contributed by atoms with Gasteiger partial charge in [-0.05, 0) is 41.1 Å². The first-order valence-corrected chi connectivity index (χ1v) is 7.40. The van der Waals surface area contributed by atoms with Crippen LogP contribution in [0.3, 0.4) is 0 Å². The Bertz CT molecular complexity index is 450. The average Bonchev–Trinajstić information content (AvgIpc) is 3.12. The molecule has 0 spiro atoms. The zero-order valence-corrected chi connectivity index (χ0v) is 12.1. The highest BCUT2D eigenvalue weighted by Crippen LogP contribution is 2.39. The van der Waals surface area contributed by atoms with E-state index in [1.165, 1.54) is 12.8 Å². The summed E-state index contributed by atoms with van der Waals surface area (Å²) in [6, 6.07) is 2.16. The number of aliphatic hydroxyl groups excluding tert-OH is 1. The van der Waals surface area contributed by atoms with Gasteiger partial charge in [0.25, 0.3) is 0 Å². The van der Waals surface area contributed by atoms with Crippen molar-refractivity contribution in [3.8, 4) is 0 Å². The van der Waals surface area contributed by atoms with Crippen molar-refractivity contribution in [2.75, 3.05) is 18.1 Å². The standard InChI is InChI=1S/C13H18BrN3O/c1-8-4-5-17(10(8)7-18)12-6-11(14)15-13(16-12)9-2-3-9/h6,8-10,18H,2-5,7H2,1H3. The number of aliphatic hydroxyl groups is 1. The van der Waals surface area contributed by atoms with Crippen LogP contribution in [0.2, 0.25) is 0 Å². The number of nitrogens with zero attached hydrogens (tertiary/aromatic N) is 3. The minimum absolute atomic E-state index is 0.193. The lowest BCUT2D eigenvalue weighted by Gasteiger charge is -2.26. The molecular weight excluding hydrogens is 294 g/mol. The second-order valence-electron chi connectivity index (χ2n) is 5.39. The molecule has 3 rings (SSSR count). The first-order valence-electron chi connectivity index (χ1n) is 6.61. The summed E-state index contributed by atoms with van der Waals surface area (Å²) < 4.78 is 0.852. The third-order valence-corrected chi connectivity index (χ3v) is 4.41. The highest BCUT2D eigenvalue weighted by Gasteiger charge is 2.33. The Kier molecular flexibility index (Phi) is 3.28. The molecular formula is C13H18BrN3O. The van der Waals surface area contributed by atoms with Crippen molar-refractivity contribution in [1.82, 2.24) is 9.97 Å². The number of anilines is 1. The summed E-state index contributed by atoms with van der Waals surface area (Å²) in [4.78, 5) is 11.4. The Morgan fingerprint density at radius 3 is 2.83 bits per heavy atom. The van der Waals surface area contributed by atoms with Gasteiger partial charge in [0, 0.05) is 18.5 Å². The van der Waals surface area contributed by atoms with Crippen LogP contribution in [0.4, 0.5) is 5.82 Å². The van der Waals surface area contributed by atoms with E-state index < -0.39 is 0 Å². The maximum Gasteiger partial charge on any atom is 0.135 e. The van der Waals surface area contributed by atoms with Crippen molar-refractivity contribution in [2.45, 2.75) is 38.1 Å². The van der Waals surface area contributed by atoms with Crippen molar-refractivity contribution in [1.29, 1.82) is 0 Å². The fourth-order valence-corrected chi connectivity index (χ4v) is 3.05. The molecule has 0 aromatic carbocycles. The first kappa shape index (κ1) is 12.4. The lowest BCUT2D eigenvalue weighted by Crippen LogP contribution is -2.35. The summed E-state index contributed by atoms with van der Waals surface area (Å²) in [6.45, 7) is 3.36. The fourth-order valence-electron chi connectivity index (χ4n) is 2.67. The van der Waals surface area contributed by atoms with E-state index in [2.05, 4.69) is 37.7 Å². The molecule has 18 heavy (non-hydrogen) atoms. The van der Waals surface area contributed by atoms with Gasteiger partial charge in [0.2, 0.25) is 0 Å². The summed E-state index contributed by atoms with van der Waals surface area (Å²) in [6.07, 6.45) is 3.52. The Labute approximate surface area is 116 Å². The van der Waals surface area contributed by atoms with Gasteiger partial charge in [-0.2, -0.15) is 0 Å². The van der Waals surface area contributed by atoms with Gasteiger partial charge in [-0.15, -0.1) is 0 Å². The highest BCUT2D eigenvalue weighted by atomic mass is 79.9. The predicted molar refractivity (Wildman–Crippen MR) is 73.7 cm³/mol. The second kappa shape index (κ2) is 4.78. The monoisotopic (exact) mass is 311 g/mol. The molecule has 2 heterocycles. The van der Waals surface area contributed by atoms with Crippen LogP contribution in [0.25, 0.3) is 0 Å². The largest absolute Gasteiger partial charge is 0.394 e. The van der Waals surface area contributed by atoms with E-state index in [1.807, 2.05) is 6.07 Å². The van der Waals surface area contributed by atoms with E-state index in [1.54, 1.807) is 0 Å². The summed E-state index contributed by atoms with van der Waals surface area (Å²) in [5.74, 6) is 2.99. The molecule has 1 aromatic rings. The molecule has 0 radical (unpaired) electrons. The van der Waals surface area contributed by atoms with Crippen LogP contribution in [0.15, 0.2) is 10.7 Å². The Hall–Kier alpha value is -0.680. The minimum Gasteiger partial charge on any atom is -0.394 e. The van der Waals surface area contributed by atoms with Gasteiger partial charge in [0.1, 0.15) is 16.2 Å². The van der Waals surface area contributed by atoms with Crippen molar-refractivity contribution in [3.05, 3.63) is 16.5 Å². The number of rotatable bonds is 3. The Balaban J connectivity index is 1.91. The molecule has 1 saturated heterocycles. The third-order valence-electron chi connectivity index (χ3n) is 4.01. The van der Waals surface area contributed by atoms with E-state index in [9.17, 15) is 5.11 Å². The van der Waals surface area contributed by atoms with E-state index in [0.717, 1.165) is 29.2 Å². The Morgan fingerprint density at radius 1 is 1.39 bits per heavy atom. The van der Waals surface area contributed by atoms with Crippen LogP contribution in [0.1, 0.15) is 37.9 Å². The van der Waals surface area contributed by atoms with Crippen molar-refractivity contribution >= 4 is 21.7 Å². The van der Waals surface area contributed by atoms with Gasteiger partial charge in [-0.25, -0.2) is 9.97 Å². The summed E-state index contributed by atoms with van der Waals surface area (Å²) in [5.41, 5.74) is 0. The summed E-state index contributed by atoms with van der Waals surface area (Å²) in [7, 11) is 0. The summed E-state index contributed by atoms with van der Waals surface area (Å²) in [5, 5.41) is 9.53. The second-order valence-corrected chi connectivity index (χ2v) is 6.20. The van der Waals surface area contributed by atoms with Crippen LogP contribution in [-0.2, 0) is 0 Å². The predicted octanol–water partition coefficient (Wildman–Crippen LogP) is 2.32. The maximum atomic E-state index is 9.53. The summed E-state index contributed by atoms with van der Waals surface area (Å²) >= 11 is 3.47. The van der Waals surface area contributed by atoms with Crippen LogP contribution >= 0.6 is 15.9 Å². The van der Waals surface area contributed by atoms with E-state index in [4.69, 9.17) is 0 Å². The van der Waals surface area contributed by atoms with Gasteiger partial charge >= 0.3 is 0 Å². The lowest BCUT2D eigenvalue weighted by molar-refractivity contribution is 0.244. The Morgan fingerprint density at radius 2 is 2.17 bits per heavy atom. The maximum absolute atomic E-state index is 9.53. The number of hydrogen-bond donors (Lipinski definition) is 1. The number of halogens is 1. The van der Waals surface area contributed by atoms with Gasteiger partial charge in [0.15, 0.2) is 0 Å². The molecule has 4 nitrogen and oxygen atoms in total. The van der Waals surface area contributed by atoms with Crippen LogP contribution in [0, 0.1) is 5.92 Å². The molecule has 2 fully saturated rings.